The van der Waals surface area contributed by atoms with E-state index >= 15 is 0 Å². The van der Waals surface area contributed by atoms with E-state index in [1.807, 2.05) is 69.3 Å². The Balaban J connectivity index is 1.73. The highest BCUT2D eigenvalue weighted by molar-refractivity contribution is 7.07. The van der Waals surface area contributed by atoms with E-state index in [-0.39, 0.29) is 11.1 Å². The number of aromatic nitrogens is 1. The molecule has 2 heterocycles. The molecule has 1 aliphatic heterocycles. The lowest BCUT2D eigenvalue weighted by Crippen LogP contribution is -2.39. The summed E-state index contributed by atoms with van der Waals surface area (Å²) in [5.41, 5.74) is 1.46. The minimum atomic E-state index is -0.764. The summed E-state index contributed by atoms with van der Waals surface area (Å²) in [6.45, 7) is 7.10. The summed E-state index contributed by atoms with van der Waals surface area (Å²) >= 11 is 1.26. The molecule has 0 saturated heterocycles. The zero-order chi connectivity index (χ0) is 28.2. The van der Waals surface area contributed by atoms with Crippen molar-refractivity contribution in [3.05, 3.63) is 97.2 Å². The fourth-order valence-corrected chi connectivity index (χ4v) is 5.78. The smallest absolute Gasteiger partial charge is 0.337 e. The summed E-state index contributed by atoms with van der Waals surface area (Å²) < 4.78 is 24.6. The van der Waals surface area contributed by atoms with Gasteiger partial charge in [0.05, 0.1) is 43.1 Å². The number of carbonyl (C=O) groups is 1. The molecule has 5 rings (SSSR count). The van der Waals surface area contributed by atoms with Gasteiger partial charge in [0.25, 0.3) is 5.56 Å². The third-order valence-electron chi connectivity index (χ3n) is 6.51. The molecule has 8 nitrogen and oxygen atoms in total. The van der Waals surface area contributed by atoms with Crippen LogP contribution >= 0.6 is 11.3 Å². The van der Waals surface area contributed by atoms with Crippen molar-refractivity contribution in [2.24, 2.45) is 4.99 Å². The molecular weight excluding hydrogens is 528 g/mol. The molecule has 0 fully saturated rings. The van der Waals surface area contributed by atoms with Gasteiger partial charge in [-0.2, -0.15) is 0 Å². The van der Waals surface area contributed by atoms with Crippen LogP contribution in [0.4, 0.5) is 0 Å². The Morgan fingerprint density at radius 2 is 1.65 bits per heavy atom. The van der Waals surface area contributed by atoms with Gasteiger partial charge in [0.15, 0.2) is 16.3 Å². The van der Waals surface area contributed by atoms with E-state index in [1.165, 1.54) is 24.6 Å². The van der Waals surface area contributed by atoms with Gasteiger partial charge in [-0.15, -0.1) is 0 Å². The SMILES string of the molecule is CCOc1ccc([C@H]2C(C(=O)OC)=CN=c3s/c(=C\c4c(OCC)ccc5ccccc45)c(=O)n32)cc1OCC. The van der Waals surface area contributed by atoms with Gasteiger partial charge in [0.2, 0.25) is 0 Å². The summed E-state index contributed by atoms with van der Waals surface area (Å²) in [5, 5.41) is 2.01. The molecule has 1 aliphatic rings. The van der Waals surface area contributed by atoms with Crippen molar-refractivity contribution in [1.82, 2.24) is 4.57 Å². The largest absolute Gasteiger partial charge is 0.493 e. The van der Waals surface area contributed by atoms with Crippen LogP contribution in [0, 0.1) is 0 Å². The maximum Gasteiger partial charge on any atom is 0.337 e. The number of benzene rings is 3. The molecule has 4 aromatic rings. The summed E-state index contributed by atoms with van der Waals surface area (Å²) in [7, 11) is 1.31. The van der Waals surface area contributed by atoms with E-state index in [9.17, 15) is 9.59 Å². The van der Waals surface area contributed by atoms with Crippen molar-refractivity contribution in [1.29, 1.82) is 0 Å². The highest BCUT2D eigenvalue weighted by Gasteiger charge is 2.31. The Bertz CT molecular complexity index is 1790. The maximum absolute atomic E-state index is 14.0. The van der Waals surface area contributed by atoms with Crippen LogP contribution in [0.2, 0.25) is 0 Å². The maximum atomic E-state index is 14.0. The standard InChI is InChI=1S/C31H30N2O6S/c1-5-37-24-14-12-19-10-8-9-11-21(19)22(24)17-27-29(34)33-28(23(30(35)36-4)18-32-31(33)40-27)20-13-15-25(38-6-2)26(16-20)39-7-3/h8-18,28H,5-7H2,1-4H3/b27-17-/t28-/m0/s1. The molecule has 0 spiro atoms. The number of carbonyl (C=O) groups excluding carboxylic acids is 1. The van der Waals surface area contributed by atoms with Gasteiger partial charge >= 0.3 is 5.97 Å². The van der Waals surface area contributed by atoms with Crippen LogP contribution in [0.3, 0.4) is 0 Å². The number of hydrogen-bond acceptors (Lipinski definition) is 8. The van der Waals surface area contributed by atoms with Crippen molar-refractivity contribution in [2.75, 3.05) is 26.9 Å². The normalized spacial score (nSPS) is 14.8. The van der Waals surface area contributed by atoms with Crippen LogP contribution in [0.1, 0.15) is 37.9 Å². The minimum absolute atomic E-state index is 0.244. The monoisotopic (exact) mass is 558 g/mol. The molecule has 0 N–H and O–H groups in total. The highest BCUT2D eigenvalue weighted by atomic mass is 32.1. The molecule has 0 aliphatic carbocycles. The summed E-state index contributed by atoms with van der Waals surface area (Å²) in [4.78, 5) is 31.9. The van der Waals surface area contributed by atoms with Crippen molar-refractivity contribution < 1.29 is 23.7 Å². The molecule has 3 aromatic carbocycles. The lowest BCUT2D eigenvalue weighted by molar-refractivity contribution is -0.136. The summed E-state index contributed by atoms with van der Waals surface area (Å²) in [6.07, 6.45) is 3.33. The van der Waals surface area contributed by atoms with Crippen molar-refractivity contribution in [3.8, 4) is 17.2 Å². The van der Waals surface area contributed by atoms with Gasteiger partial charge < -0.3 is 18.9 Å². The number of hydrogen-bond donors (Lipinski definition) is 0. The minimum Gasteiger partial charge on any atom is -0.493 e. The first kappa shape index (κ1) is 27.2. The average molecular weight is 559 g/mol. The number of nitrogens with zero attached hydrogens (tertiary/aromatic N) is 2. The number of ether oxygens (including phenoxy) is 4. The number of methoxy groups -OCH3 is 1. The lowest BCUT2D eigenvalue weighted by Gasteiger charge is -2.23. The zero-order valence-corrected chi connectivity index (χ0v) is 23.6. The second-order valence-corrected chi connectivity index (χ2v) is 9.89. The quantitative estimate of drug-likeness (QED) is 0.284. The lowest BCUT2D eigenvalue weighted by atomic mass is 9.97. The van der Waals surface area contributed by atoms with Crippen molar-refractivity contribution in [3.63, 3.8) is 0 Å². The first-order valence-corrected chi connectivity index (χ1v) is 14.0. The van der Waals surface area contributed by atoms with Gasteiger partial charge in [-0.3, -0.25) is 9.36 Å². The van der Waals surface area contributed by atoms with Gasteiger partial charge in [-0.1, -0.05) is 47.7 Å². The first-order chi connectivity index (χ1) is 19.5. The Kier molecular flexibility index (Phi) is 8.02. The Labute approximate surface area is 235 Å². The van der Waals surface area contributed by atoms with Gasteiger partial charge in [-0.25, -0.2) is 9.79 Å². The van der Waals surface area contributed by atoms with Crippen LogP contribution in [0.25, 0.3) is 16.8 Å². The molecule has 0 radical (unpaired) electrons. The van der Waals surface area contributed by atoms with E-state index in [0.29, 0.717) is 52.0 Å². The topological polar surface area (TPSA) is 88.4 Å². The second-order valence-electron chi connectivity index (χ2n) is 8.88. The molecule has 40 heavy (non-hydrogen) atoms. The molecule has 0 bridgehead atoms. The fraction of sp³-hybridized carbons (Fsp3) is 0.258. The predicted molar refractivity (Wildman–Crippen MR) is 155 cm³/mol. The molecule has 0 unspecified atom stereocenters. The second kappa shape index (κ2) is 11.8. The van der Waals surface area contributed by atoms with Gasteiger partial charge in [-0.05, 0) is 61.4 Å². The van der Waals surface area contributed by atoms with Crippen LogP contribution in [0.5, 0.6) is 17.2 Å². The van der Waals surface area contributed by atoms with Crippen LogP contribution in [-0.2, 0) is 9.53 Å². The third kappa shape index (κ3) is 5.00. The number of fused-ring (bicyclic) bond motifs is 2. The van der Waals surface area contributed by atoms with Gasteiger partial charge in [0, 0.05) is 11.8 Å². The predicted octanol–water partition coefficient (Wildman–Crippen LogP) is 4.37. The van der Waals surface area contributed by atoms with E-state index in [1.54, 1.807) is 16.7 Å². The molecule has 0 saturated carbocycles. The third-order valence-corrected chi connectivity index (χ3v) is 7.51. The number of rotatable bonds is 9. The number of thiazole rings is 1. The molecule has 0 amide bonds. The highest BCUT2D eigenvalue weighted by Crippen LogP contribution is 2.35. The zero-order valence-electron chi connectivity index (χ0n) is 22.8. The van der Waals surface area contributed by atoms with Crippen molar-refractivity contribution >= 4 is 34.2 Å². The van der Waals surface area contributed by atoms with Crippen LogP contribution in [0.15, 0.2) is 76.2 Å². The van der Waals surface area contributed by atoms with Crippen molar-refractivity contribution in [2.45, 2.75) is 26.8 Å². The Morgan fingerprint density at radius 3 is 2.40 bits per heavy atom. The molecule has 1 atom stereocenters. The molecule has 206 valence electrons. The summed E-state index contributed by atoms with van der Waals surface area (Å²) in [5.74, 6) is 1.24. The van der Waals surface area contributed by atoms with Gasteiger partial charge in [0.1, 0.15) is 5.75 Å². The van der Waals surface area contributed by atoms with E-state index < -0.39 is 12.0 Å². The molecule has 1 aromatic heterocycles. The number of esters is 1. The van der Waals surface area contributed by atoms with Crippen LogP contribution in [-0.4, -0.2) is 37.5 Å². The molecular formula is C31H30N2O6S. The summed E-state index contributed by atoms with van der Waals surface area (Å²) in [6, 6.07) is 16.5. The molecule has 9 heteroatoms. The van der Waals surface area contributed by atoms with E-state index in [0.717, 1.165) is 16.3 Å². The fourth-order valence-electron chi connectivity index (χ4n) is 4.82. The van der Waals surface area contributed by atoms with E-state index in [2.05, 4.69) is 4.99 Å². The Morgan fingerprint density at radius 1 is 0.950 bits per heavy atom. The van der Waals surface area contributed by atoms with Crippen LogP contribution < -0.4 is 29.1 Å². The average Bonchev–Trinajstić information content (AvgIpc) is 3.29. The van der Waals surface area contributed by atoms with E-state index in [4.69, 9.17) is 18.9 Å². The first-order valence-electron chi connectivity index (χ1n) is 13.1. The Hall–Kier alpha value is -4.37.